The third-order valence-corrected chi connectivity index (χ3v) is 2.67. The molecule has 0 aliphatic carbocycles. The van der Waals surface area contributed by atoms with Crippen LogP contribution in [-0.2, 0) is 4.79 Å². The molecule has 2 heteroatoms. The predicted molar refractivity (Wildman–Crippen MR) is 66.0 cm³/mol. The van der Waals surface area contributed by atoms with Gasteiger partial charge in [0.05, 0.1) is 6.04 Å². The van der Waals surface area contributed by atoms with E-state index in [0.717, 1.165) is 13.1 Å². The van der Waals surface area contributed by atoms with Crippen molar-refractivity contribution in [3.63, 3.8) is 0 Å². The van der Waals surface area contributed by atoms with Crippen LogP contribution in [0.25, 0.3) is 0 Å². The SMILES string of the molecule is C=C(C)C(=O)C(N(CC)CC)C(C)(C)C. The summed E-state index contributed by atoms with van der Waals surface area (Å²) in [7, 11) is 0. The van der Waals surface area contributed by atoms with Crippen LogP contribution in [-0.4, -0.2) is 29.8 Å². The summed E-state index contributed by atoms with van der Waals surface area (Å²) in [5, 5.41) is 0. The molecule has 88 valence electrons. The Hall–Kier alpha value is -0.630. The van der Waals surface area contributed by atoms with E-state index in [-0.39, 0.29) is 17.2 Å². The number of Topliss-reactive ketones (excluding diaryl/α,β-unsaturated/α-hetero) is 1. The zero-order chi connectivity index (χ0) is 12.2. The number of ketones is 1. The molecule has 0 aliphatic heterocycles. The minimum absolute atomic E-state index is 0.0396. The van der Waals surface area contributed by atoms with Crippen LogP contribution in [0.5, 0.6) is 0 Å². The van der Waals surface area contributed by atoms with E-state index >= 15 is 0 Å². The van der Waals surface area contributed by atoms with Crippen molar-refractivity contribution < 1.29 is 4.79 Å². The molecule has 0 saturated carbocycles. The molecule has 0 fully saturated rings. The van der Waals surface area contributed by atoms with Crippen molar-refractivity contribution in [3.8, 4) is 0 Å². The maximum absolute atomic E-state index is 12.1. The molecule has 0 aromatic carbocycles. The van der Waals surface area contributed by atoms with Gasteiger partial charge in [0, 0.05) is 0 Å². The molecule has 0 amide bonds. The molecule has 0 N–H and O–H groups in total. The van der Waals surface area contributed by atoms with Gasteiger partial charge in [-0.3, -0.25) is 9.69 Å². The Labute approximate surface area is 94.4 Å². The number of hydrogen-bond donors (Lipinski definition) is 0. The largest absolute Gasteiger partial charge is 0.293 e. The maximum atomic E-state index is 12.1. The van der Waals surface area contributed by atoms with Gasteiger partial charge in [-0.1, -0.05) is 41.2 Å². The highest BCUT2D eigenvalue weighted by atomic mass is 16.1. The highest BCUT2D eigenvalue weighted by Crippen LogP contribution is 2.26. The van der Waals surface area contributed by atoms with Crippen LogP contribution in [0.2, 0.25) is 0 Å². The number of nitrogens with zero attached hydrogens (tertiary/aromatic N) is 1. The van der Waals surface area contributed by atoms with E-state index in [1.165, 1.54) is 0 Å². The monoisotopic (exact) mass is 211 g/mol. The van der Waals surface area contributed by atoms with Gasteiger partial charge in [-0.2, -0.15) is 0 Å². The highest BCUT2D eigenvalue weighted by molar-refractivity contribution is 5.98. The van der Waals surface area contributed by atoms with E-state index in [4.69, 9.17) is 0 Å². The number of likely N-dealkylation sites (N-methyl/N-ethyl adjacent to an activating group) is 1. The van der Waals surface area contributed by atoms with Crippen LogP contribution in [0, 0.1) is 5.41 Å². The lowest BCUT2D eigenvalue weighted by Gasteiger charge is -2.38. The molecule has 0 aromatic rings. The van der Waals surface area contributed by atoms with Crippen molar-refractivity contribution in [3.05, 3.63) is 12.2 Å². The van der Waals surface area contributed by atoms with Crippen molar-refractivity contribution in [2.24, 2.45) is 5.41 Å². The second kappa shape index (κ2) is 5.45. The molecular weight excluding hydrogens is 186 g/mol. The Balaban J connectivity index is 5.05. The molecule has 2 nitrogen and oxygen atoms in total. The first-order valence-electron chi connectivity index (χ1n) is 5.69. The Morgan fingerprint density at radius 3 is 1.87 bits per heavy atom. The lowest BCUT2D eigenvalue weighted by Crippen LogP contribution is -2.49. The van der Waals surface area contributed by atoms with Crippen LogP contribution < -0.4 is 0 Å². The first kappa shape index (κ1) is 14.4. The fourth-order valence-electron chi connectivity index (χ4n) is 1.93. The van der Waals surface area contributed by atoms with Gasteiger partial charge in [-0.25, -0.2) is 0 Å². The molecule has 15 heavy (non-hydrogen) atoms. The van der Waals surface area contributed by atoms with Gasteiger partial charge < -0.3 is 0 Å². The molecule has 0 aromatic heterocycles. The van der Waals surface area contributed by atoms with Crippen LogP contribution in [0.15, 0.2) is 12.2 Å². The summed E-state index contributed by atoms with van der Waals surface area (Å²) < 4.78 is 0. The van der Waals surface area contributed by atoms with Crippen LogP contribution in [0.1, 0.15) is 41.5 Å². The summed E-state index contributed by atoms with van der Waals surface area (Å²) in [5.74, 6) is 0.172. The molecule has 0 spiro atoms. The summed E-state index contributed by atoms with van der Waals surface area (Å²) >= 11 is 0. The lowest BCUT2D eigenvalue weighted by atomic mass is 9.81. The van der Waals surface area contributed by atoms with E-state index in [1.807, 2.05) is 0 Å². The predicted octanol–water partition coefficient (Wildman–Crippen LogP) is 2.89. The molecule has 0 heterocycles. The quantitative estimate of drug-likeness (QED) is 0.652. The van der Waals surface area contributed by atoms with E-state index < -0.39 is 0 Å². The Bertz CT molecular complexity index is 233. The standard InChI is InChI=1S/C13H25NO/c1-8-14(9-2)12(13(5,6)7)11(15)10(3)4/h12H,3,8-9H2,1-2,4-7H3. The Kier molecular flexibility index (Phi) is 5.22. The normalized spacial score (nSPS) is 14.1. The smallest absolute Gasteiger partial charge is 0.175 e. The average molecular weight is 211 g/mol. The minimum atomic E-state index is -0.0509. The fourth-order valence-corrected chi connectivity index (χ4v) is 1.93. The maximum Gasteiger partial charge on any atom is 0.175 e. The van der Waals surface area contributed by atoms with Gasteiger partial charge in [0.25, 0.3) is 0 Å². The molecule has 1 atom stereocenters. The lowest BCUT2D eigenvalue weighted by molar-refractivity contribution is -0.124. The summed E-state index contributed by atoms with van der Waals surface area (Å²) in [5.41, 5.74) is 0.615. The first-order chi connectivity index (χ1) is 6.75. The summed E-state index contributed by atoms with van der Waals surface area (Å²) in [6, 6.07) is -0.0509. The molecular formula is C13H25NO. The van der Waals surface area contributed by atoms with Crippen molar-refractivity contribution in [1.29, 1.82) is 0 Å². The molecule has 0 bridgehead atoms. The van der Waals surface area contributed by atoms with Gasteiger partial charge in [-0.05, 0) is 31.0 Å². The van der Waals surface area contributed by atoms with Gasteiger partial charge in [0.1, 0.15) is 0 Å². The number of carbonyl (C=O) groups excluding carboxylic acids is 1. The molecule has 0 aliphatic rings. The number of rotatable bonds is 5. The van der Waals surface area contributed by atoms with Crippen molar-refractivity contribution in [1.82, 2.24) is 4.90 Å². The molecule has 0 radical (unpaired) electrons. The number of hydrogen-bond acceptors (Lipinski definition) is 2. The number of carbonyl (C=O) groups is 1. The highest BCUT2D eigenvalue weighted by Gasteiger charge is 2.34. The first-order valence-corrected chi connectivity index (χ1v) is 5.69. The molecule has 1 unspecified atom stereocenters. The van der Waals surface area contributed by atoms with Crippen molar-refractivity contribution >= 4 is 5.78 Å². The Morgan fingerprint density at radius 1 is 1.27 bits per heavy atom. The van der Waals surface area contributed by atoms with Crippen LogP contribution >= 0.6 is 0 Å². The van der Waals surface area contributed by atoms with E-state index in [9.17, 15) is 4.79 Å². The zero-order valence-electron chi connectivity index (χ0n) is 11.1. The van der Waals surface area contributed by atoms with Crippen LogP contribution in [0.4, 0.5) is 0 Å². The third-order valence-electron chi connectivity index (χ3n) is 2.67. The Morgan fingerprint density at radius 2 is 1.67 bits per heavy atom. The van der Waals surface area contributed by atoms with Crippen molar-refractivity contribution in [2.45, 2.75) is 47.6 Å². The topological polar surface area (TPSA) is 20.3 Å². The third kappa shape index (κ3) is 3.78. The zero-order valence-corrected chi connectivity index (χ0v) is 11.1. The van der Waals surface area contributed by atoms with Gasteiger partial charge in [-0.15, -0.1) is 0 Å². The van der Waals surface area contributed by atoms with Gasteiger partial charge >= 0.3 is 0 Å². The van der Waals surface area contributed by atoms with Gasteiger partial charge in [0.2, 0.25) is 0 Å². The second-order valence-corrected chi connectivity index (χ2v) is 5.13. The minimum Gasteiger partial charge on any atom is -0.293 e. The fraction of sp³-hybridized carbons (Fsp3) is 0.769. The molecule has 0 rings (SSSR count). The van der Waals surface area contributed by atoms with E-state index in [1.54, 1.807) is 6.92 Å². The average Bonchev–Trinajstić information content (AvgIpc) is 2.10. The van der Waals surface area contributed by atoms with Crippen LogP contribution in [0.3, 0.4) is 0 Å². The summed E-state index contributed by atoms with van der Waals surface area (Å²) in [6.07, 6.45) is 0. The summed E-state index contributed by atoms with van der Waals surface area (Å²) in [4.78, 5) is 14.3. The van der Waals surface area contributed by atoms with E-state index in [0.29, 0.717) is 5.57 Å². The van der Waals surface area contributed by atoms with Gasteiger partial charge in [0.15, 0.2) is 5.78 Å². The van der Waals surface area contributed by atoms with Crippen molar-refractivity contribution in [2.75, 3.05) is 13.1 Å². The van der Waals surface area contributed by atoms with E-state index in [2.05, 4.69) is 46.1 Å². The summed E-state index contributed by atoms with van der Waals surface area (Å²) in [6.45, 7) is 17.9. The molecule has 0 saturated heterocycles. The second-order valence-electron chi connectivity index (χ2n) is 5.13.